The van der Waals surface area contributed by atoms with E-state index in [1.165, 1.54) is 5.56 Å². The van der Waals surface area contributed by atoms with Crippen molar-refractivity contribution >= 4 is 11.8 Å². The van der Waals surface area contributed by atoms with Crippen molar-refractivity contribution in [3.8, 4) is 11.5 Å². The lowest BCUT2D eigenvalue weighted by atomic mass is 10.3. The summed E-state index contributed by atoms with van der Waals surface area (Å²) in [5, 5.41) is 0. The van der Waals surface area contributed by atoms with E-state index in [1.807, 2.05) is 42.7 Å². The molecule has 0 N–H and O–H groups in total. The van der Waals surface area contributed by atoms with Crippen molar-refractivity contribution in [3.05, 3.63) is 48.3 Å². The third-order valence-corrected chi connectivity index (χ3v) is 3.57. The number of benzene rings is 1. The Balaban J connectivity index is 2.06. The van der Waals surface area contributed by atoms with Gasteiger partial charge < -0.3 is 9.47 Å². The van der Waals surface area contributed by atoms with Gasteiger partial charge in [-0.2, -0.15) is 0 Å². The monoisotopic (exact) mass is 261 g/mol. The second-order valence-corrected chi connectivity index (χ2v) is 4.71. The Morgan fingerprint density at radius 3 is 2.39 bits per heavy atom. The van der Waals surface area contributed by atoms with Crippen LogP contribution in [-0.2, 0) is 5.75 Å². The first-order valence-corrected chi connectivity index (χ1v) is 6.56. The number of hydrogen-bond acceptors (Lipinski definition) is 4. The van der Waals surface area contributed by atoms with Crippen molar-refractivity contribution in [1.82, 2.24) is 4.98 Å². The van der Waals surface area contributed by atoms with Crippen molar-refractivity contribution in [3.63, 3.8) is 0 Å². The first-order chi connectivity index (χ1) is 8.83. The quantitative estimate of drug-likeness (QED) is 0.772. The van der Waals surface area contributed by atoms with Crippen LogP contribution in [0.4, 0.5) is 0 Å². The average Bonchev–Trinajstić information content (AvgIpc) is 2.45. The van der Waals surface area contributed by atoms with Crippen LogP contribution < -0.4 is 9.47 Å². The molecule has 0 radical (unpaired) electrons. The molecule has 18 heavy (non-hydrogen) atoms. The fraction of sp³-hybridized carbons (Fsp3) is 0.214. The van der Waals surface area contributed by atoms with E-state index in [2.05, 4.69) is 4.98 Å². The molecule has 1 aromatic heterocycles. The van der Waals surface area contributed by atoms with Gasteiger partial charge in [-0.05, 0) is 35.9 Å². The first-order valence-electron chi connectivity index (χ1n) is 5.57. The molecule has 0 bridgehead atoms. The summed E-state index contributed by atoms with van der Waals surface area (Å²) in [5.74, 6) is 2.43. The predicted molar refractivity (Wildman–Crippen MR) is 73.3 cm³/mol. The van der Waals surface area contributed by atoms with Gasteiger partial charge in [0.2, 0.25) is 0 Å². The van der Waals surface area contributed by atoms with Crippen molar-refractivity contribution in [2.75, 3.05) is 14.2 Å². The summed E-state index contributed by atoms with van der Waals surface area (Å²) >= 11 is 1.76. The second kappa shape index (κ2) is 6.31. The van der Waals surface area contributed by atoms with Crippen molar-refractivity contribution in [2.45, 2.75) is 10.6 Å². The molecule has 1 aromatic carbocycles. The van der Waals surface area contributed by atoms with Crippen molar-refractivity contribution < 1.29 is 9.47 Å². The summed E-state index contributed by atoms with van der Waals surface area (Å²) in [4.78, 5) is 5.16. The van der Waals surface area contributed by atoms with Gasteiger partial charge in [0.1, 0.15) is 0 Å². The molecule has 0 saturated heterocycles. The van der Waals surface area contributed by atoms with E-state index >= 15 is 0 Å². The zero-order valence-electron chi connectivity index (χ0n) is 10.4. The highest BCUT2D eigenvalue weighted by atomic mass is 32.2. The Kier molecular flexibility index (Phi) is 4.47. The van der Waals surface area contributed by atoms with Gasteiger partial charge in [0.25, 0.3) is 0 Å². The van der Waals surface area contributed by atoms with Crippen LogP contribution in [0.25, 0.3) is 0 Å². The van der Waals surface area contributed by atoms with E-state index in [1.54, 1.807) is 26.0 Å². The van der Waals surface area contributed by atoms with Gasteiger partial charge in [-0.3, -0.25) is 4.98 Å². The highest BCUT2D eigenvalue weighted by molar-refractivity contribution is 7.98. The molecule has 0 saturated carbocycles. The largest absolute Gasteiger partial charge is 0.493 e. The highest BCUT2D eigenvalue weighted by Gasteiger charge is 2.04. The van der Waals surface area contributed by atoms with Gasteiger partial charge in [0.05, 0.1) is 14.2 Å². The maximum Gasteiger partial charge on any atom is 0.161 e. The minimum atomic E-state index is 0.755. The summed E-state index contributed by atoms with van der Waals surface area (Å²) in [6.07, 6.45) is 3.62. The van der Waals surface area contributed by atoms with Gasteiger partial charge in [0, 0.05) is 23.0 Å². The van der Waals surface area contributed by atoms with E-state index in [4.69, 9.17) is 9.47 Å². The normalized spacial score (nSPS) is 10.1. The molecule has 4 heteroatoms. The third kappa shape index (κ3) is 3.17. The highest BCUT2D eigenvalue weighted by Crippen LogP contribution is 2.32. The van der Waals surface area contributed by atoms with E-state index in [0.717, 1.165) is 22.1 Å². The molecule has 0 aliphatic heterocycles. The zero-order chi connectivity index (χ0) is 12.8. The number of hydrogen-bond donors (Lipinski definition) is 0. The third-order valence-electron chi connectivity index (χ3n) is 2.51. The lowest BCUT2D eigenvalue weighted by molar-refractivity contribution is 0.354. The number of methoxy groups -OCH3 is 2. The maximum atomic E-state index is 5.28. The maximum absolute atomic E-state index is 5.28. The summed E-state index contributed by atoms with van der Waals surface area (Å²) in [5.41, 5.74) is 1.25. The van der Waals surface area contributed by atoms with Gasteiger partial charge >= 0.3 is 0 Å². The van der Waals surface area contributed by atoms with Crippen LogP contribution in [0.2, 0.25) is 0 Å². The minimum absolute atomic E-state index is 0.755. The lowest BCUT2D eigenvalue weighted by Crippen LogP contribution is -1.90. The van der Waals surface area contributed by atoms with Crippen LogP contribution in [0.15, 0.2) is 47.6 Å². The van der Waals surface area contributed by atoms with Crippen molar-refractivity contribution in [1.29, 1.82) is 0 Å². The summed E-state index contributed by atoms with van der Waals surface area (Å²) in [6, 6.07) is 9.99. The molecule has 2 aromatic rings. The van der Waals surface area contributed by atoms with Gasteiger partial charge in [0.15, 0.2) is 11.5 Å². The summed E-state index contributed by atoms with van der Waals surface area (Å²) < 4.78 is 10.5. The molecule has 1 heterocycles. The molecule has 0 aliphatic carbocycles. The van der Waals surface area contributed by atoms with Crippen LogP contribution >= 0.6 is 11.8 Å². The van der Waals surface area contributed by atoms with E-state index in [-0.39, 0.29) is 0 Å². The van der Waals surface area contributed by atoms with Gasteiger partial charge in [-0.1, -0.05) is 0 Å². The van der Waals surface area contributed by atoms with Gasteiger partial charge in [-0.25, -0.2) is 0 Å². The number of aromatic nitrogens is 1. The first kappa shape index (κ1) is 12.8. The molecular weight excluding hydrogens is 246 g/mol. The molecule has 0 spiro atoms. The molecule has 3 nitrogen and oxygen atoms in total. The van der Waals surface area contributed by atoms with Crippen LogP contribution in [-0.4, -0.2) is 19.2 Å². The molecule has 0 fully saturated rings. The standard InChI is InChI=1S/C14H15NO2S/c1-16-13-4-3-12(9-14(13)17-2)18-10-11-5-7-15-8-6-11/h3-9H,10H2,1-2H3. The number of pyridine rings is 1. The number of nitrogens with zero attached hydrogens (tertiary/aromatic N) is 1. The van der Waals surface area contributed by atoms with Crippen LogP contribution in [0.1, 0.15) is 5.56 Å². The molecule has 0 atom stereocenters. The van der Waals surface area contributed by atoms with Crippen LogP contribution in [0, 0.1) is 0 Å². The number of thioether (sulfide) groups is 1. The Morgan fingerprint density at radius 1 is 1.00 bits per heavy atom. The summed E-state index contributed by atoms with van der Waals surface area (Å²) in [6.45, 7) is 0. The number of rotatable bonds is 5. The minimum Gasteiger partial charge on any atom is -0.493 e. The number of ether oxygens (including phenoxy) is 2. The smallest absolute Gasteiger partial charge is 0.161 e. The fourth-order valence-corrected chi connectivity index (χ4v) is 2.43. The molecule has 0 unspecified atom stereocenters. The van der Waals surface area contributed by atoms with Crippen LogP contribution in [0.3, 0.4) is 0 Å². The van der Waals surface area contributed by atoms with E-state index < -0.39 is 0 Å². The Morgan fingerprint density at radius 2 is 1.72 bits per heavy atom. The lowest BCUT2D eigenvalue weighted by Gasteiger charge is -2.09. The average molecular weight is 261 g/mol. The topological polar surface area (TPSA) is 31.4 Å². The van der Waals surface area contributed by atoms with E-state index in [0.29, 0.717) is 0 Å². The second-order valence-electron chi connectivity index (χ2n) is 3.66. The zero-order valence-corrected chi connectivity index (χ0v) is 11.2. The Labute approximate surface area is 111 Å². The summed E-state index contributed by atoms with van der Waals surface area (Å²) in [7, 11) is 3.29. The molecule has 94 valence electrons. The predicted octanol–water partition coefficient (Wildman–Crippen LogP) is 3.39. The molecule has 2 rings (SSSR count). The Bertz CT molecular complexity index is 502. The Hall–Kier alpha value is -1.68. The fourth-order valence-electron chi connectivity index (χ4n) is 1.55. The van der Waals surface area contributed by atoms with Crippen molar-refractivity contribution in [2.24, 2.45) is 0 Å². The molecule has 0 aliphatic rings. The van der Waals surface area contributed by atoms with E-state index in [9.17, 15) is 0 Å². The SMILES string of the molecule is COc1ccc(SCc2ccncc2)cc1OC. The van der Waals surface area contributed by atoms with Gasteiger partial charge in [-0.15, -0.1) is 11.8 Å². The molecular formula is C14H15NO2S. The van der Waals surface area contributed by atoms with Crippen LogP contribution in [0.5, 0.6) is 11.5 Å². The molecule has 0 amide bonds.